The molecule has 2 aromatic rings. The summed E-state index contributed by atoms with van der Waals surface area (Å²) in [6.45, 7) is 2.60. The molecule has 0 unspecified atom stereocenters. The highest BCUT2D eigenvalue weighted by Gasteiger charge is 2.23. The Bertz CT molecular complexity index is 673. The highest BCUT2D eigenvalue weighted by molar-refractivity contribution is 6.40. The molecule has 3 rings (SSSR count). The molecule has 5 nitrogen and oxygen atoms in total. The SMILES string of the molecule is O=C(Nc1cccc2ccccc12)C(=O)N1CCNCC1. The van der Waals surface area contributed by atoms with Gasteiger partial charge in [-0.25, -0.2) is 0 Å². The molecule has 0 aliphatic carbocycles. The van der Waals surface area contributed by atoms with Gasteiger partial charge < -0.3 is 15.5 Å². The van der Waals surface area contributed by atoms with Crippen molar-refractivity contribution in [2.24, 2.45) is 0 Å². The van der Waals surface area contributed by atoms with E-state index in [1.807, 2.05) is 42.5 Å². The van der Waals surface area contributed by atoms with Crippen LogP contribution in [-0.4, -0.2) is 42.9 Å². The summed E-state index contributed by atoms with van der Waals surface area (Å²) in [6.07, 6.45) is 0. The Kier molecular flexibility index (Phi) is 3.83. The molecule has 21 heavy (non-hydrogen) atoms. The molecule has 0 radical (unpaired) electrons. The van der Waals surface area contributed by atoms with Gasteiger partial charge in [0.15, 0.2) is 0 Å². The lowest BCUT2D eigenvalue weighted by atomic mass is 10.1. The van der Waals surface area contributed by atoms with Crippen molar-refractivity contribution in [1.82, 2.24) is 10.2 Å². The highest BCUT2D eigenvalue weighted by atomic mass is 16.2. The van der Waals surface area contributed by atoms with Gasteiger partial charge in [0, 0.05) is 37.3 Å². The second kappa shape index (κ2) is 5.93. The molecular weight excluding hydrogens is 266 g/mol. The number of carbonyl (C=O) groups is 2. The van der Waals surface area contributed by atoms with Crippen molar-refractivity contribution < 1.29 is 9.59 Å². The monoisotopic (exact) mass is 283 g/mol. The second-order valence-corrected chi connectivity index (χ2v) is 5.02. The van der Waals surface area contributed by atoms with Gasteiger partial charge >= 0.3 is 11.8 Å². The van der Waals surface area contributed by atoms with Crippen molar-refractivity contribution in [3.05, 3.63) is 42.5 Å². The Morgan fingerprint density at radius 3 is 2.52 bits per heavy atom. The minimum absolute atomic E-state index is 0.468. The van der Waals surface area contributed by atoms with Crippen LogP contribution in [0.15, 0.2) is 42.5 Å². The molecule has 0 atom stereocenters. The van der Waals surface area contributed by atoms with Crippen LogP contribution in [0.5, 0.6) is 0 Å². The Morgan fingerprint density at radius 2 is 1.71 bits per heavy atom. The number of piperazine rings is 1. The van der Waals surface area contributed by atoms with Crippen LogP contribution in [-0.2, 0) is 9.59 Å². The molecule has 0 bridgehead atoms. The summed E-state index contributed by atoms with van der Waals surface area (Å²) in [5, 5.41) is 7.85. The van der Waals surface area contributed by atoms with E-state index in [-0.39, 0.29) is 0 Å². The van der Waals surface area contributed by atoms with Crippen LogP contribution in [0.4, 0.5) is 5.69 Å². The molecule has 108 valence electrons. The van der Waals surface area contributed by atoms with Crippen molar-refractivity contribution in [3.8, 4) is 0 Å². The van der Waals surface area contributed by atoms with E-state index in [1.54, 1.807) is 4.90 Å². The summed E-state index contributed by atoms with van der Waals surface area (Å²) >= 11 is 0. The first-order valence-electron chi connectivity index (χ1n) is 7.04. The third kappa shape index (κ3) is 2.87. The zero-order chi connectivity index (χ0) is 14.7. The van der Waals surface area contributed by atoms with Gasteiger partial charge in [0.05, 0.1) is 0 Å². The van der Waals surface area contributed by atoms with E-state index >= 15 is 0 Å². The number of fused-ring (bicyclic) bond motifs is 1. The summed E-state index contributed by atoms with van der Waals surface area (Å²) in [5.41, 5.74) is 0.668. The highest BCUT2D eigenvalue weighted by Crippen LogP contribution is 2.22. The van der Waals surface area contributed by atoms with Crippen LogP contribution >= 0.6 is 0 Å². The number of benzene rings is 2. The van der Waals surface area contributed by atoms with Crippen LogP contribution in [0.2, 0.25) is 0 Å². The van der Waals surface area contributed by atoms with Crippen molar-refractivity contribution in [1.29, 1.82) is 0 Å². The van der Waals surface area contributed by atoms with Gasteiger partial charge in [-0.15, -0.1) is 0 Å². The molecule has 0 aromatic heterocycles. The zero-order valence-corrected chi connectivity index (χ0v) is 11.6. The fraction of sp³-hybridized carbons (Fsp3) is 0.250. The summed E-state index contributed by atoms with van der Waals surface area (Å²) in [6, 6.07) is 13.4. The molecule has 0 saturated carbocycles. The van der Waals surface area contributed by atoms with Gasteiger partial charge in [0.1, 0.15) is 0 Å². The van der Waals surface area contributed by atoms with E-state index in [2.05, 4.69) is 10.6 Å². The smallest absolute Gasteiger partial charge is 0.313 e. The lowest BCUT2D eigenvalue weighted by molar-refractivity contribution is -0.143. The van der Waals surface area contributed by atoms with Crippen LogP contribution in [0.25, 0.3) is 10.8 Å². The van der Waals surface area contributed by atoms with Crippen molar-refractivity contribution in [3.63, 3.8) is 0 Å². The molecule has 0 spiro atoms. The van der Waals surface area contributed by atoms with Gasteiger partial charge in [-0.3, -0.25) is 9.59 Å². The van der Waals surface area contributed by atoms with Crippen LogP contribution in [0.1, 0.15) is 0 Å². The number of hydrogen-bond acceptors (Lipinski definition) is 3. The van der Waals surface area contributed by atoms with Crippen molar-refractivity contribution in [2.45, 2.75) is 0 Å². The van der Waals surface area contributed by atoms with E-state index < -0.39 is 11.8 Å². The predicted octanol–water partition coefficient (Wildman–Crippen LogP) is 1.21. The fourth-order valence-electron chi connectivity index (χ4n) is 2.52. The normalized spacial score (nSPS) is 15.0. The molecule has 1 saturated heterocycles. The zero-order valence-electron chi connectivity index (χ0n) is 11.6. The van der Waals surface area contributed by atoms with E-state index in [0.29, 0.717) is 18.8 Å². The van der Waals surface area contributed by atoms with Crippen LogP contribution in [0.3, 0.4) is 0 Å². The maximum atomic E-state index is 12.1. The molecule has 1 fully saturated rings. The first-order valence-corrected chi connectivity index (χ1v) is 7.04. The summed E-state index contributed by atoms with van der Waals surface area (Å²) in [5.74, 6) is -1.04. The average molecular weight is 283 g/mol. The first kappa shape index (κ1) is 13.6. The van der Waals surface area contributed by atoms with Crippen molar-refractivity contribution in [2.75, 3.05) is 31.5 Å². The maximum Gasteiger partial charge on any atom is 0.313 e. The Hall–Kier alpha value is -2.40. The number of carbonyl (C=O) groups excluding carboxylic acids is 2. The Labute approximate surface area is 122 Å². The van der Waals surface area contributed by atoms with Gasteiger partial charge in [-0.2, -0.15) is 0 Å². The molecule has 5 heteroatoms. The average Bonchev–Trinajstić information content (AvgIpc) is 2.55. The molecule has 1 aliphatic heterocycles. The third-order valence-corrected chi connectivity index (χ3v) is 3.64. The standard InChI is InChI=1S/C16H17N3O2/c20-15(16(21)19-10-8-17-9-11-19)18-14-7-3-5-12-4-1-2-6-13(12)14/h1-7,17H,8-11H2,(H,18,20). The summed E-state index contributed by atoms with van der Waals surface area (Å²) in [4.78, 5) is 25.8. The summed E-state index contributed by atoms with van der Waals surface area (Å²) < 4.78 is 0. The first-order chi connectivity index (χ1) is 10.3. The number of nitrogens with zero attached hydrogens (tertiary/aromatic N) is 1. The third-order valence-electron chi connectivity index (χ3n) is 3.64. The van der Waals surface area contributed by atoms with Gasteiger partial charge in [-0.1, -0.05) is 36.4 Å². The van der Waals surface area contributed by atoms with E-state index in [0.717, 1.165) is 23.9 Å². The van der Waals surface area contributed by atoms with Gasteiger partial charge in [0.25, 0.3) is 0 Å². The number of hydrogen-bond donors (Lipinski definition) is 2. The Balaban J connectivity index is 1.78. The van der Waals surface area contributed by atoms with E-state index in [9.17, 15) is 9.59 Å². The molecule has 1 aliphatic rings. The minimum Gasteiger partial charge on any atom is -0.332 e. The molecule has 1 heterocycles. The quantitative estimate of drug-likeness (QED) is 0.773. The molecular formula is C16H17N3O2. The van der Waals surface area contributed by atoms with E-state index in [4.69, 9.17) is 0 Å². The predicted molar refractivity (Wildman–Crippen MR) is 82.0 cm³/mol. The van der Waals surface area contributed by atoms with Crippen LogP contribution < -0.4 is 10.6 Å². The van der Waals surface area contributed by atoms with E-state index in [1.165, 1.54) is 0 Å². The molecule has 2 N–H and O–H groups in total. The number of rotatable bonds is 1. The lowest BCUT2D eigenvalue weighted by Crippen LogP contribution is -2.49. The molecule has 2 aromatic carbocycles. The van der Waals surface area contributed by atoms with Crippen molar-refractivity contribution >= 4 is 28.3 Å². The lowest BCUT2D eigenvalue weighted by Gasteiger charge is -2.26. The number of anilines is 1. The molecule has 2 amide bonds. The number of nitrogens with one attached hydrogen (secondary N) is 2. The summed E-state index contributed by atoms with van der Waals surface area (Å²) in [7, 11) is 0. The number of amides is 2. The fourth-order valence-corrected chi connectivity index (χ4v) is 2.52. The topological polar surface area (TPSA) is 61.4 Å². The second-order valence-electron chi connectivity index (χ2n) is 5.02. The van der Waals surface area contributed by atoms with Gasteiger partial charge in [0.2, 0.25) is 0 Å². The largest absolute Gasteiger partial charge is 0.332 e. The van der Waals surface area contributed by atoms with Gasteiger partial charge in [-0.05, 0) is 11.5 Å². The minimum atomic E-state index is -0.576. The maximum absolute atomic E-state index is 12.1. The van der Waals surface area contributed by atoms with Crippen LogP contribution in [0, 0.1) is 0 Å². The Morgan fingerprint density at radius 1 is 1.00 bits per heavy atom.